The fourth-order valence-corrected chi connectivity index (χ4v) is 5.11. The Bertz CT molecular complexity index is 1090. The zero-order chi connectivity index (χ0) is 21.5. The van der Waals surface area contributed by atoms with Crippen LogP contribution in [0.3, 0.4) is 0 Å². The summed E-state index contributed by atoms with van der Waals surface area (Å²) in [5.41, 5.74) is 1.81. The van der Waals surface area contributed by atoms with Crippen LogP contribution in [0.25, 0.3) is 0 Å². The third kappa shape index (κ3) is 3.59. The first kappa shape index (κ1) is 19.7. The lowest BCUT2D eigenvalue weighted by Gasteiger charge is -2.43. The van der Waals surface area contributed by atoms with Crippen molar-refractivity contribution in [3.05, 3.63) is 68.1 Å². The Morgan fingerprint density at radius 1 is 1.10 bits per heavy atom. The number of benzene rings is 1. The summed E-state index contributed by atoms with van der Waals surface area (Å²) >= 11 is 0. The van der Waals surface area contributed by atoms with Crippen molar-refractivity contribution in [2.75, 3.05) is 44.3 Å². The van der Waals surface area contributed by atoms with Gasteiger partial charge in [-0.2, -0.15) is 0 Å². The van der Waals surface area contributed by atoms with Gasteiger partial charge in [0.1, 0.15) is 5.69 Å². The van der Waals surface area contributed by atoms with Crippen LogP contribution in [0.1, 0.15) is 28.4 Å². The van der Waals surface area contributed by atoms with Crippen LogP contribution < -0.4 is 10.5 Å². The Morgan fingerprint density at radius 2 is 1.90 bits per heavy atom. The Hall–Kier alpha value is -3.20. The molecule has 1 amide bonds. The van der Waals surface area contributed by atoms with Crippen LogP contribution in [0.4, 0.5) is 11.4 Å². The molecule has 31 heavy (non-hydrogen) atoms. The second-order valence-corrected chi connectivity index (χ2v) is 8.47. The highest BCUT2D eigenvalue weighted by Gasteiger charge is 2.36. The molecule has 3 aliphatic heterocycles. The third-order valence-corrected chi connectivity index (χ3v) is 6.54. The fourth-order valence-electron chi connectivity index (χ4n) is 5.11. The predicted octanol–water partition coefficient (Wildman–Crippen LogP) is 1.85. The van der Waals surface area contributed by atoms with E-state index in [0.717, 1.165) is 12.1 Å². The monoisotopic (exact) mass is 424 g/mol. The number of fused-ring (bicyclic) bond motifs is 4. The van der Waals surface area contributed by atoms with E-state index in [1.807, 2.05) is 15.5 Å². The molecule has 0 spiro atoms. The minimum atomic E-state index is -0.408. The highest BCUT2D eigenvalue weighted by atomic mass is 16.6. The Morgan fingerprint density at radius 3 is 2.68 bits per heavy atom. The van der Waals surface area contributed by atoms with Crippen molar-refractivity contribution in [2.24, 2.45) is 5.92 Å². The van der Waals surface area contributed by atoms with Gasteiger partial charge in [0, 0.05) is 62.0 Å². The Balaban J connectivity index is 1.44. The minimum absolute atomic E-state index is 0.0117. The molecule has 2 atom stereocenters. The number of nitrogens with zero attached hydrogens (tertiary/aromatic N) is 4. The maximum absolute atomic E-state index is 12.8. The number of nitro groups is 1. The number of ether oxygens (including phenoxy) is 1. The largest absolute Gasteiger partial charge is 0.378 e. The average Bonchev–Trinajstić information content (AvgIpc) is 2.79. The van der Waals surface area contributed by atoms with Crippen LogP contribution >= 0.6 is 0 Å². The molecule has 162 valence electrons. The number of pyridine rings is 1. The molecule has 9 nitrogen and oxygen atoms in total. The molecule has 1 aromatic heterocycles. The zero-order valence-electron chi connectivity index (χ0n) is 17.1. The molecule has 1 aromatic carbocycles. The van der Waals surface area contributed by atoms with E-state index in [2.05, 4.69) is 0 Å². The van der Waals surface area contributed by atoms with Crippen molar-refractivity contribution in [2.45, 2.75) is 18.9 Å². The summed E-state index contributed by atoms with van der Waals surface area (Å²) < 4.78 is 7.13. The van der Waals surface area contributed by atoms with E-state index in [1.54, 1.807) is 29.2 Å². The first-order chi connectivity index (χ1) is 15.0. The van der Waals surface area contributed by atoms with E-state index in [1.165, 1.54) is 6.07 Å². The average molecular weight is 424 g/mol. The van der Waals surface area contributed by atoms with Gasteiger partial charge in [-0.15, -0.1) is 0 Å². The molecule has 0 aliphatic carbocycles. The van der Waals surface area contributed by atoms with E-state index in [-0.39, 0.29) is 29.0 Å². The summed E-state index contributed by atoms with van der Waals surface area (Å²) in [5, 5.41) is 11.9. The number of carbonyl (C=O) groups excluding carboxylic acids is 1. The van der Waals surface area contributed by atoms with Crippen LogP contribution in [-0.2, 0) is 11.3 Å². The van der Waals surface area contributed by atoms with Gasteiger partial charge in [-0.3, -0.25) is 19.7 Å². The number of anilines is 1. The van der Waals surface area contributed by atoms with Crippen LogP contribution in [0, 0.1) is 16.0 Å². The summed E-state index contributed by atoms with van der Waals surface area (Å²) in [7, 11) is 0. The van der Waals surface area contributed by atoms with Crippen LogP contribution in [-0.4, -0.2) is 59.7 Å². The molecule has 0 N–H and O–H groups in total. The smallest absolute Gasteiger partial charge is 0.293 e. The number of amides is 1. The summed E-state index contributed by atoms with van der Waals surface area (Å²) in [5.74, 6) is 0.193. The van der Waals surface area contributed by atoms with Crippen molar-refractivity contribution in [1.29, 1.82) is 0 Å². The summed E-state index contributed by atoms with van der Waals surface area (Å²) in [6, 6.07) is 10.1. The van der Waals surface area contributed by atoms with E-state index in [4.69, 9.17) is 4.74 Å². The topological polar surface area (TPSA) is 97.9 Å². The number of aromatic nitrogens is 1. The predicted molar refractivity (Wildman–Crippen MR) is 114 cm³/mol. The quantitative estimate of drug-likeness (QED) is 0.551. The van der Waals surface area contributed by atoms with Gasteiger partial charge in [0.15, 0.2) is 0 Å². The van der Waals surface area contributed by atoms with Crippen LogP contribution in [0.2, 0.25) is 0 Å². The number of nitro benzene ring substituents is 1. The van der Waals surface area contributed by atoms with Gasteiger partial charge in [-0.1, -0.05) is 6.07 Å². The first-order valence-corrected chi connectivity index (χ1v) is 10.6. The van der Waals surface area contributed by atoms with Crippen LogP contribution in [0.15, 0.2) is 41.2 Å². The van der Waals surface area contributed by atoms with Gasteiger partial charge in [0.05, 0.1) is 18.1 Å². The van der Waals surface area contributed by atoms with Gasteiger partial charge in [0.2, 0.25) is 0 Å². The molecule has 3 aliphatic rings. The fraction of sp³-hybridized carbons (Fsp3) is 0.455. The van der Waals surface area contributed by atoms with Gasteiger partial charge in [0.25, 0.3) is 17.2 Å². The number of carbonyl (C=O) groups is 1. The number of hydrogen-bond acceptors (Lipinski definition) is 6. The molecule has 5 rings (SSSR count). The molecule has 2 saturated heterocycles. The van der Waals surface area contributed by atoms with Gasteiger partial charge >= 0.3 is 0 Å². The molecule has 4 heterocycles. The highest BCUT2D eigenvalue weighted by molar-refractivity contribution is 5.96. The lowest BCUT2D eigenvalue weighted by atomic mass is 9.83. The van der Waals surface area contributed by atoms with E-state index in [9.17, 15) is 19.7 Å². The Labute approximate surface area is 179 Å². The van der Waals surface area contributed by atoms with Crippen molar-refractivity contribution in [1.82, 2.24) is 9.47 Å². The molecular formula is C22H24N4O5. The second kappa shape index (κ2) is 7.81. The normalized spacial score (nSPS) is 22.7. The molecule has 2 bridgehead atoms. The van der Waals surface area contributed by atoms with Crippen LogP contribution in [0.5, 0.6) is 0 Å². The molecule has 2 aromatic rings. The molecule has 9 heteroatoms. The van der Waals surface area contributed by atoms with Crippen molar-refractivity contribution >= 4 is 17.3 Å². The lowest BCUT2D eigenvalue weighted by molar-refractivity contribution is -0.384. The number of rotatable bonds is 3. The molecular weight excluding hydrogens is 400 g/mol. The summed E-state index contributed by atoms with van der Waals surface area (Å²) in [6.07, 6.45) is 0.974. The van der Waals surface area contributed by atoms with Crippen molar-refractivity contribution in [3.63, 3.8) is 0 Å². The van der Waals surface area contributed by atoms with Gasteiger partial charge < -0.3 is 19.1 Å². The van der Waals surface area contributed by atoms with Crippen molar-refractivity contribution < 1.29 is 14.5 Å². The summed E-state index contributed by atoms with van der Waals surface area (Å²) in [4.78, 5) is 40.2. The number of hydrogen-bond donors (Lipinski definition) is 0. The molecule has 2 fully saturated rings. The molecule has 0 saturated carbocycles. The zero-order valence-corrected chi connectivity index (χ0v) is 17.1. The van der Waals surface area contributed by atoms with Gasteiger partial charge in [-0.05, 0) is 30.5 Å². The molecule has 0 radical (unpaired) electrons. The SMILES string of the molecule is O=C(c1ccc(N2C[C@H]3C[C@@H](C2)c2cccc(=O)n2C3)c([N+](=O)[O-])c1)N1CCOCC1. The van der Waals surface area contributed by atoms with E-state index >= 15 is 0 Å². The van der Waals surface area contributed by atoms with E-state index < -0.39 is 4.92 Å². The minimum Gasteiger partial charge on any atom is -0.378 e. The first-order valence-electron chi connectivity index (χ1n) is 10.6. The van der Waals surface area contributed by atoms with Crippen molar-refractivity contribution in [3.8, 4) is 0 Å². The highest BCUT2D eigenvalue weighted by Crippen LogP contribution is 2.39. The Kier molecular flexibility index (Phi) is 4.97. The van der Waals surface area contributed by atoms with Gasteiger partial charge in [-0.25, -0.2) is 0 Å². The number of morpholine rings is 1. The summed E-state index contributed by atoms with van der Waals surface area (Å²) in [6.45, 7) is 3.82. The number of piperidine rings is 1. The van der Waals surface area contributed by atoms with E-state index in [0.29, 0.717) is 57.2 Å². The second-order valence-electron chi connectivity index (χ2n) is 8.47. The lowest BCUT2D eigenvalue weighted by Crippen LogP contribution is -2.47. The maximum Gasteiger partial charge on any atom is 0.293 e. The standard InChI is InChI=1S/C22H24N4O5/c27-21-3-1-2-18-17-10-15(13-25(18)21)12-24(14-17)19-5-4-16(11-20(19)26(29)30)22(28)23-6-8-31-9-7-23/h1-5,11,15,17H,6-10,12-14H2/t15-,17+/m1/s1. The third-order valence-electron chi connectivity index (χ3n) is 6.54. The molecule has 0 unspecified atom stereocenters. The maximum atomic E-state index is 12.8.